The summed E-state index contributed by atoms with van der Waals surface area (Å²) in [6.45, 7) is 0.520. The van der Waals surface area contributed by atoms with Gasteiger partial charge in [-0.2, -0.15) is 5.26 Å². The molecule has 0 unspecified atom stereocenters. The van der Waals surface area contributed by atoms with Crippen LogP contribution >= 0.6 is 0 Å². The molecule has 6 nitrogen and oxygen atoms in total. The smallest absolute Gasteiger partial charge is 0.270 e. The highest BCUT2D eigenvalue weighted by Gasteiger charge is 2.35. The van der Waals surface area contributed by atoms with E-state index >= 15 is 0 Å². The number of aromatic nitrogens is 1. The topological polar surface area (TPSA) is 86.9 Å². The molecule has 4 rings (SSSR count). The number of para-hydroxylation sites is 1. The maximum Gasteiger partial charge on any atom is 0.270 e. The number of anilines is 1. The summed E-state index contributed by atoms with van der Waals surface area (Å²) in [5, 5.41) is 16.7. The highest BCUT2D eigenvalue weighted by Crippen LogP contribution is 2.33. The van der Waals surface area contributed by atoms with Crippen molar-refractivity contribution in [3.8, 4) is 6.07 Å². The molecule has 1 aliphatic carbocycles. The van der Waals surface area contributed by atoms with Gasteiger partial charge in [0.05, 0.1) is 11.2 Å². The predicted molar refractivity (Wildman–Crippen MR) is 112 cm³/mol. The van der Waals surface area contributed by atoms with Crippen molar-refractivity contribution in [2.45, 2.75) is 25.4 Å². The van der Waals surface area contributed by atoms with Gasteiger partial charge in [-0.05, 0) is 24.5 Å². The van der Waals surface area contributed by atoms with Crippen molar-refractivity contribution in [2.75, 3.05) is 5.32 Å². The Morgan fingerprint density at radius 2 is 1.83 bits per heavy atom. The number of aryl methyl sites for hydroxylation is 1. The van der Waals surface area contributed by atoms with Gasteiger partial charge in [0.2, 0.25) is 5.91 Å². The van der Waals surface area contributed by atoms with Crippen molar-refractivity contribution in [3.63, 3.8) is 0 Å². The van der Waals surface area contributed by atoms with Crippen LogP contribution in [0.25, 0.3) is 10.9 Å². The number of nitrogens with zero attached hydrogens (tertiary/aromatic N) is 2. The Balaban J connectivity index is 1.45. The lowest BCUT2D eigenvalue weighted by Crippen LogP contribution is -2.44. The second-order valence-electron chi connectivity index (χ2n) is 7.46. The zero-order chi connectivity index (χ0) is 20.4. The molecule has 1 heterocycles. The van der Waals surface area contributed by atoms with Crippen LogP contribution in [0.2, 0.25) is 0 Å². The Labute approximate surface area is 168 Å². The van der Waals surface area contributed by atoms with Crippen molar-refractivity contribution in [2.24, 2.45) is 13.0 Å². The van der Waals surface area contributed by atoms with Gasteiger partial charge in [-0.3, -0.25) is 9.59 Å². The summed E-state index contributed by atoms with van der Waals surface area (Å²) in [6, 6.07) is 19.4. The average molecular weight is 386 g/mol. The summed E-state index contributed by atoms with van der Waals surface area (Å²) in [5.74, 6) is -0.0131. The number of amides is 1. The number of nitriles is 1. The van der Waals surface area contributed by atoms with E-state index in [1.54, 1.807) is 7.05 Å². The van der Waals surface area contributed by atoms with Gasteiger partial charge in [-0.25, -0.2) is 0 Å². The lowest BCUT2D eigenvalue weighted by molar-refractivity contribution is -0.127. The maximum absolute atomic E-state index is 12.6. The quantitative estimate of drug-likeness (QED) is 0.706. The van der Waals surface area contributed by atoms with Crippen molar-refractivity contribution in [1.29, 1.82) is 5.26 Å². The summed E-state index contributed by atoms with van der Waals surface area (Å²) in [4.78, 5) is 24.9. The minimum absolute atomic E-state index is 0.0428. The van der Waals surface area contributed by atoms with E-state index in [4.69, 9.17) is 0 Å². The number of fused-ring (bicyclic) bond motifs is 1. The molecule has 6 heteroatoms. The van der Waals surface area contributed by atoms with Gasteiger partial charge in [0, 0.05) is 30.9 Å². The van der Waals surface area contributed by atoms with Gasteiger partial charge in [0.25, 0.3) is 5.56 Å². The standard InChI is InChI=1S/C23H22N4O2/c1-27-20-10-6-5-9-18(20)21(19(13-24)23(27)29)26-17-11-16(12-17)22(28)25-14-15-7-3-2-4-8-15/h2-10,16-17,26H,11-12,14H2,1H3,(H,25,28). The molecule has 29 heavy (non-hydrogen) atoms. The number of benzene rings is 2. The molecule has 0 radical (unpaired) electrons. The monoisotopic (exact) mass is 386 g/mol. The normalized spacial score (nSPS) is 17.9. The maximum atomic E-state index is 12.6. The van der Waals surface area contributed by atoms with E-state index in [9.17, 15) is 14.9 Å². The summed E-state index contributed by atoms with van der Waals surface area (Å²) >= 11 is 0. The first-order chi connectivity index (χ1) is 14.1. The molecule has 1 saturated carbocycles. The number of carbonyl (C=O) groups is 1. The summed E-state index contributed by atoms with van der Waals surface area (Å²) < 4.78 is 1.50. The van der Waals surface area contributed by atoms with Crippen LogP contribution in [0.15, 0.2) is 59.4 Å². The van der Waals surface area contributed by atoms with Crippen molar-refractivity contribution in [1.82, 2.24) is 9.88 Å². The van der Waals surface area contributed by atoms with Gasteiger partial charge in [0.1, 0.15) is 11.6 Å². The Bertz CT molecular complexity index is 1160. The highest BCUT2D eigenvalue weighted by molar-refractivity contribution is 5.94. The molecule has 146 valence electrons. The molecule has 1 amide bonds. The fraction of sp³-hybridized carbons (Fsp3) is 0.261. The van der Waals surface area contributed by atoms with Gasteiger partial charge in [0.15, 0.2) is 0 Å². The Morgan fingerprint density at radius 1 is 1.14 bits per heavy atom. The second kappa shape index (κ2) is 7.80. The van der Waals surface area contributed by atoms with Gasteiger partial charge >= 0.3 is 0 Å². The number of hydrogen-bond acceptors (Lipinski definition) is 4. The Hall–Kier alpha value is -3.59. The van der Waals surface area contributed by atoms with Crippen molar-refractivity contribution >= 4 is 22.5 Å². The highest BCUT2D eigenvalue weighted by atomic mass is 16.2. The summed E-state index contributed by atoms with van der Waals surface area (Å²) in [6.07, 6.45) is 1.35. The lowest BCUT2D eigenvalue weighted by Gasteiger charge is -2.36. The average Bonchev–Trinajstić information content (AvgIpc) is 2.72. The number of carbonyl (C=O) groups excluding carboxylic acids is 1. The second-order valence-corrected chi connectivity index (χ2v) is 7.46. The number of rotatable bonds is 5. The van der Waals surface area contributed by atoms with Crippen molar-refractivity contribution in [3.05, 3.63) is 76.1 Å². The minimum Gasteiger partial charge on any atom is -0.380 e. The van der Waals surface area contributed by atoms with E-state index in [0.29, 0.717) is 25.1 Å². The predicted octanol–water partition coefficient (Wildman–Crippen LogP) is 2.92. The van der Waals surface area contributed by atoms with E-state index in [1.165, 1.54) is 4.57 Å². The van der Waals surface area contributed by atoms with Crippen LogP contribution in [0, 0.1) is 17.2 Å². The number of nitrogens with one attached hydrogen (secondary N) is 2. The molecule has 0 aliphatic heterocycles. The van der Waals surface area contributed by atoms with E-state index in [-0.39, 0.29) is 29.0 Å². The molecule has 0 bridgehead atoms. The van der Waals surface area contributed by atoms with Gasteiger partial charge in [-0.15, -0.1) is 0 Å². The van der Waals surface area contributed by atoms with Crippen LogP contribution in [0.1, 0.15) is 24.0 Å². The zero-order valence-electron chi connectivity index (χ0n) is 16.2. The van der Waals surface area contributed by atoms with Gasteiger partial charge < -0.3 is 15.2 Å². The van der Waals surface area contributed by atoms with Crippen LogP contribution in [0.5, 0.6) is 0 Å². The molecular formula is C23H22N4O2. The molecule has 1 aliphatic rings. The lowest BCUT2D eigenvalue weighted by atomic mass is 9.79. The molecule has 1 fully saturated rings. The molecule has 3 aromatic rings. The Morgan fingerprint density at radius 3 is 2.55 bits per heavy atom. The van der Waals surface area contributed by atoms with Gasteiger partial charge in [-0.1, -0.05) is 48.5 Å². The first kappa shape index (κ1) is 18.8. The zero-order valence-corrected chi connectivity index (χ0v) is 16.2. The van der Waals surface area contributed by atoms with Crippen LogP contribution in [-0.2, 0) is 18.4 Å². The molecule has 1 aromatic heterocycles. The molecule has 0 saturated heterocycles. The fourth-order valence-electron chi connectivity index (χ4n) is 3.83. The summed E-state index contributed by atoms with van der Waals surface area (Å²) in [7, 11) is 1.67. The number of hydrogen-bond donors (Lipinski definition) is 2. The Kier molecular flexibility index (Phi) is 5.05. The van der Waals surface area contributed by atoms with E-state index < -0.39 is 0 Å². The largest absolute Gasteiger partial charge is 0.380 e. The first-order valence-corrected chi connectivity index (χ1v) is 9.68. The third-order valence-electron chi connectivity index (χ3n) is 5.58. The minimum atomic E-state index is -0.315. The first-order valence-electron chi connectivity index (χ1n) is 9.68. The molecule has 0 atom stereocenters. The third kappa shape index (κ3) is 3.59. The molecule has 2 aromatic carbocycles. The molecular weight excluding hydrogens is 364 g/mol. The van der Waals surface area contributed by atoms with Crippen LogP contribution in [0.3, 0.4) is 0 Å². The molecule has 2 N–H and O–H groups in total. The number of pyridine rings is 1. The SMILES string of the molecule is Cn1c(=O)c(C#N)c(NC2CC(C(=O)NCc3ccccc3)C2)c2ccccc21. The van der Waals surface area contributed by atoms with E-state index in [1.807, 2.05) is 60.7 Å². The van der Waals surface area contributed by atoms with Crippen LogP contribution in [0.4, 0.5) is 5.69 Å². The van der Waals surface area contributed by atoms with Crippen molar-refractivity contribution < 1.29 is 4.79 Å². The fourth-order valence-corrected chi connectivity index (χ4v) is 3.83. The summed E-state index contributed by atoms with van der Waals surface area (Å²) in [5.41, 5.74) is 2.21. The van der Waals surface area contributed by atoms with E-state index in [2.05, 4.69) is 10.6 Å². The van der Waals surface area contributed by atoms with Crippen LogP contribution < -0.4 is 16.2 Å². The molecule has 0 spiro atoms. The van der Waals surface area contributed by atoms with Crippen LogP contribution in [-0.4, -0.2) is 16.5 Å². The third-order valence-corrected chi connectivity index (χ3v) is 5.58. The van der Waals surface area contributed by atoms with E-state index in [0.717, 1.165) is 16.5 Å².